The van der Waals surface area contributed by atoms with Crippen LogP contribution in [0.5, 0.6) is 0 Å². The van der Waals surface area contributed by atoms with Gasteiger partial charge in [0.1, 0.15) is 0 Å². The Hall–Kier alpha value is 0.139. The molecule has 1 radical (unpaired) electrons. The van der Waals surface area contributed by atoms with Crippen LogP contribution in [0.4, 0.5) is 0 Å². The summed E-state index contributed by atoms with van der Waals surface area (Å²) in [5, 5.41) is 0. The fourth-order valence-corrected chi connectivity index (χ4v) is 1.17. The van der Waals surface area contributed by atoms with Crippen LogP contribution in [0.2, 0.25) is 5.79 Å². The highest BCUT2D eigenvalue weighted by atomic mass is 28.3. The summed E-state index contributed by atoms with van der Waals surface area (Å²) in [5.74, 6) is 1.69. The summed E-state index contributed by atoms with van der Waals surface area (Å²) in [4.78, 5) is 9.84. The Balaban J connectivity index is 0. The predicted molar refractivity (Wildman–Crippen MR) is 55.2 cm³/mol. The summed E-state index contributed by atoms with van der Waals surface area (Å²) < 4.78 is 14.5. The van der Waals surface area contributed by atoms with Crippen molar-refractivity contribution >= 4 is 31.5 Å². The summed E-state index contributed by atoms with van der Waals surface area (Å²) in [6.45, 7) is 6.97. The lowest BCUT2D eigenvalue weighted by Gasteiger charge is -1.96. The maximum atomic E-state index is 9.84. The quantitative estimate of drug-likeness (QED) is 0.494. The molecule has 77 valence electrons. The van der Waals surface area contributed by atoms with Crippen LogP contribution in [0.1, 0.15) is 20.8 Å². The van der Waals surface area contributed by atoms with E-state index in [0.29, 0.717) is 0 Å². The Morgan fingerprint density at radius 1 is 1.31 bits per heavy atom. The summed E-state index contributed by atoms with van der Waals surface area (Å²) in [5.41, 5.74) is 0. The highest BCUT2D eigenvalue weighted by molar-refractivity contribution is 6.28. The molecule has 0 saturated heterocycles. The van der Waals surface area contributed by atoms with Crippen molar-refractivity contribution in [3.8, 4) is 0 Å². The molecule has 6 heteroatoms. The van der Waals surface area contributed by atoms with Crippen molar-refractivity contribution in [1.29, 1.82) is 0 Å². The lowest BCUT2D eigenvalue weighted by molar-refractivity contribution is -0.131. The van der Waals surface area contributed by atoms with Gasteiger partial charge in [0.05, 0.1) is 0 Å². The van der Waals surface area contributed by atoms with E-state index in [0.717, 1.165) is 13.2 Å². The largest absolute Gasteiger partial charge is 0.622 e. The average Bonchev–Trinajstić information content (AvgIpc) is 2.06. The van der Waals surface area contributed by atoms with Crippen LogP contribution >= 0.6 is 0 Å². The number of hydrogen-bond acceptors (Lipinski definition) is 4. The van der Waals surface area contributed by atoms with Crippen molar-refractivity contribution in [2.75, 3.05) is 13.2 Å². The molecular formula is C7H18AlO4Si. The molecule has 0 aromatic heterocycles. The maximum absolute atomic E-state index is 9.84. The lowest BCUT2D eigenvalue weighted by Crippen LogP contribution is -2.02. The van der Waals surface area contributed by atoms with E-state index in [1.807, 2.05) is 19.6 Å². The van der Waals surface area contributed by atoms with Crippen LogP contribution < -0.4 is 0 Å². The molecule has 0 bridgehead atoms. The first-order valence-electron chi connectivity index (χ1n) is 4.29. The van der Waals surface area contributed by atoms with Gasteiger partial charge in [0, 0.05) is 20.1 Å². The monoisotopic (exact) mass is 221 g/mol. The van der Waals surface area contributed by atoms with Gasteiger partial charge in [-0.2, -0.15) is 0 Å². The molecule has 0 aromatic carbocycles. The number of carbonyl (C=O) groups is 1. The molecule has 4 nitrogen and oxygen atoms in total. The summed E-state index contributed by atoms with van der Waals surface area (Å²) >= 11 is -0.0972. The standard InChI is InChI=1S/C4H12O2Si.C2H4O2.CH3.Al/c1-3-5-7-6-4-2;1-2(3)4;;/h3-4,7H2,1-2H3;1H3,(H,3,4);1H3;/q;;;+1/p-1. The molecule has 0 aromatic rings. The zero-order chi connectivity index (χ0) is 10.5. The molecule has 0 N–H and O–H groups in total. The molecule has 0 unspecified atom stereocenters. The first-order valence-corrected chi connectivity index (χ1v) is 7.07. The minimum absolute atomic E-state index is 0.0972. The van der Waals surface area contributed by atoms with Crippen LogP contribution in [0.15, 0.2) is 0 Å². The van der Waals surface area contributed by atoms with Crippen LogP contribution in [0, 0.1) is 0 Å². The SMILES string of the molecule is CCO[SiH2]OCC.[CH3][Al][O]C(C)=O. The molecule has 0 saturated carbocycles. The highest BCUT2D eigenvalue weighted by Crippen LogP contribution is 1.70. The first kappa shape index (κ1) is 15.6. The van der Waals surface area contributed by atoms with Gasteiger partial charge in [-0.15, -0.1) is 0 Å². The van der Waals surface area contributed by atoms with Crippen LogP contribution in [0.3, 0.4) is 0 Å². The van der Waals surface area contributed by atoms with Gasteiger partial charge in [0.2, 0.25) is 0 Å². The smallest absolute Gasteiger partial charge is 0.521 e. The van der Waals surface area contributed by atoms with Crippen molar-refractivity contribution in [1.82, 2.24) is 0 Å². The van der Waals surface area contributed by atoms with Gasteiger partial charge in [-0.05, 0) is 13.8 Å². The van der Waals surface area contributed by atoms with Crippen molar-refractivity contribution in [2.24, 2.45) is 0 Å². The van der Waals surface area contributed by atoms with E-state index >= 15 is 0 Å². The molecule has 0 aliphatic rings. The minimum Gasteiger partial charge on any atom is -0.622 e. The van der Waals surface area contributed by atoms with E-state index in [1.54, 1.807) is 0 Å². The Bertz CT molecular complexity index is 109. The fraction of sp³-hybridized carbons (Fsp3) is 0.857. The Labute approximate surface area is 89.1 Å². The molecular weight excluding hydrogens is 203 g/mol. The van der Waals surface area contributed by atoms with E-state index in [-0.39, 0.29) is 21.5 Å². The van der Waals surface area contributed by atoms with Crippen LogP contribution in [-0.2, 0) is 17.4 Å². The molecule has 0 rings (SSSR count). The van der Waals surface area contributed by atoms with Gasteiger partial charge in [-0.25, -0.2) is 0 Å². The Kier molecular flexibility index (Phi) is 17.6. The zero-order valence-corrected chi connectivity index (χ0v) is 11.4. The number of hydrogen-bond donors (Lipinski definition) is 0. The molecule has 0 fully saturated rings. The van der Waals surface area contributed by atoms with Gasteiger partial charge in [-0.1, -0.05) is 5.79 Å². The average molecular weight is 221 g/mol. The normalized spacial score (nSPS) is 8.31. The van der Waals surface area contributed by atoms with E-state index in [4.69, 9.17) is 8.85 Å². The third-order valence-electron chi connectivity index (χ3n) is 0.859. The van der Waals surface area contributed by atoms with Gasteiger partial charge < -0.3 is 12.6 Å². The maximum Gasteiger partial charge on any atom is 0.521 e. The second-order valence-electron chi connectivity index (χ2n) is 1.95. The van der Waals surface area contributed by atoms with E-state index in [9.17, 15) is 4.79 Å². The molecule has 0 heterocycles. The zero-order valence-electron chi connectivity index (χ0n) is 8.83. The van der Waals surface area contributed by atoms with Gasteiger partial charge in [0.25, 0.3) is 5.97 Å². The molecule has 0 amide bonds. The van der Waals surface area contributed by atoms with Crippen LogP contribution in [0.25, 0.3) is 0 Å². The van der Waals surface area contributed by atoms with Gasteiger partial charge in [-0.3, -0.25) is 4.79 Å². The van der Waals surface area contributed by atoms with Crippen molar-refractivity contribution in [2.45, 2.75) is 26.6 Å². The molecule has 0 atom stereocenters. The Morgan fingerprint density at radius 2 is 1.77 bits per heavy atom. The molecule has 0 spiro atoms. The van der Waals surface area contributed by atoms with Crippen molar-refractivity contribution in [3.05, 3.63) is 0 Å². The lowest BCUT2D eigenvalue weighted by atomic mass is 10.9. The minimum atomic E-state index is -0.589. The highest BCUT2D eigenvalue weighted by Gasteiger charge is 1.86. The summed E-state index contributed by atoms with van der Waals surface area (Å²) in [6.07, 6.45) is 0. The second kappa shape index (κ2) is 14.7. The Morgan fingerprint density at radius 3 is 1.92 bits per heavy atom. The van der Waals surface area contributed by atoms with E-state index < -0.39 is 10.0 Å². The summed E-state index contributed by atoms with van der Waals surface area (Å²) in [6, 6.07) is 0. The first-order chi connectivity index (χ1) is 6.18. The molecule has 13 heavy (non-hydrogen) atoms. The molecule has 0 aliphatic carbocycles. The van der Waals surface area contributed by atoms with Crippen molar-refractivity contribution < 1.29 is 17.4 Å². The van der Waals surface area contributed by atoms with Crippen LogP contribution in [-0.4, -0.2) is 44.7 Å². The second-order valence-corrected chi connectivity index (χ2v) is 3.71. The van der Waals surface area contributed by atoms with E-state index in [2.05, 4.69) is 3.79 Å². The molecule has 0 aliphatic heterocycles. The third kappa shape index (κ3) is 24.5. The van der Waals surface area contributed by atoms with Gasteiger partial charge >= 0.3 is 25.6 Å². The number of carbonyl (C=O) groups excluding carboxylic acids is 1. The predicted octanol–water partition coefficient (Wildman–Crippen LogP) is 0.275. The topological polar surface area (TPSA) is 44.8 Å². The van der Waals surface area contributed by atoms with Crippen molar-refractivity contribution in [3.63, 3.8) is 0 Å². The summed E-state index contributed by atoms with van der Waals surface area (Å²) in [7, 11) is -0.589. The van der Waals surface area contributed by atoms with E-state index in [1.165, 1.54) is 6.92 Å². The fourth-order valence-electron chi connectivity index (χ4n) is 0.392. The third-order valence-corrected chi connectivity index (χ3v) is 2.58. The van der Waals surface area contributed by atoms with Gasteiger partial charge in [0.15, 0.2) is 0 Å². The number of rotatable bonds is 5.